The van der Waals surface area contributed by atoms with E-state index in [2.05, 4.69) is 25.1 Å². The van der Waals surface area contributed by atoms with E-state index in [4.69, 9.17) is 0 Å². The summed E-state index contributed by atoms with van der Waals surface area (Å²) in [6, 6.07) is 12.3. The van der Waals surface area contributed by atoms with E-state index in [1.807, 2.05) is 29.8 Å². The summed E-state index contributed by atoms with van der Waals surface area (Å²) in [6.07, 6.45) is -0.428. The number of hydrogen-bond acceptors (Lipinski definition) is 1. The predicted octanol–water partition coefficient (Wildman–Crippen LogP) is 3.05. The maximum atomic E-state index is 9.61. The van der Waals surface area contributed by atoms with Crippen molar-refractivity contribution >= 4 is 0 Å². The standard InChI is InChI=1S/C14H17NO/c1-10-6-4-5-7-12(10)14-9-8-13(11(2)16)15(14)3/h4-9,11,16H,1-3H3. The summed E-state index contributed by atoms with van der Waals surface area (Å²) >= 11 is 0. The number of aromatic nitrogens is 1. The highest BCUT2D eigenvalue weighted by Gasteiger charge is 2.11. The largest absolute Gasteiger partial charge is 0.387 e. The number of aryl methyl sites for hydroxylation is 1. The van der Waals surface area contributed by atoms with Crippen LogP contribution < -0.4 is 0 Å². The molecule has 0 fully saturated rings. The average molecular weight is 215 g/mol. The van der Waals surface area contributed by atoms with Gasteiger partial charge in [-0.2, -0.15) is 0 Å². The molecule has 2 aromatic rings. The predicted molar refractivity (Wildman–Crippen MR) is 66.2 cm³/mol. The lowest BCUT2D eigenvalue weighted by Crippen LogP contribution is -2.02. The van der Waals surface area contributed by atoms with Crippen molar-refractivity contribution in [3.05, 3.63) is 47.7 Å². The van der Waals surface area contributed by atoms with E-state index in [1.165, 1.54) is 11.1 Å². The van der Waals surface area contributed by atoms with E-state index < -0.39 is 6.10 Å². The van der Waals surface area contributed by atoms with Gasteiger partial charge in [0.2, 0.25) is 0 Å². The third kappa shape index (κ3) is 1.76. The minimum absolute atomic E-state index is 0.428. The van der Waals surface area contributed by atoms with Gasteiger partial charge in [0.05, 0.1) is 6.10 Å². The summed E-state index contributed by atoms with van der Waals surface area (Å²) in [5.41, 5.74) is 4.56. The monoisotopic (exact) mass is 215 g/mol. The maximum Gasteiger partial charge on any atom is 0.0911 e. The molecule has 0 saturated heterocycles. The Morgan fingerprint density at radius 1 is 1.12 bits per heavy atom. The molecule has 1 N–H and O–H groups in total. The van der Waals surface area contributed by atoms with Gasteiger partial charge in [-0.25, -0.2) is 0 Å². The van der Waals surface area contributed by atoms with Gasteiger partial charge in [-0.3, -0.25) is 0 Å². The average Bonchev–Trinajstić information content (AvgIpc) is 2.61. The highest BCUT2D eigenvalue weighted by Crippen LogP contribution is 2.26. The van der Waals surface area contributed by atoms with Crippen molar-refractivity contribution in [2.75, 3.05) is 0 Å². The second-order valence-electron chi connectivity index (χ2n) is 4.19. The Bertz CT molecular complexity index is 497. The van der Waals surface area contributed by atoms with Crippen LogP contribution in [0.15, 0.2) is 36.4 Å². The van der Waals surface area contributed by atoms with Gasteiger partial charge in [0.15, 0.2) is 0 Å². The Morgan fingerprint density at radius 3 is 2.38 bits per heavy atom. The van der Waals surface area contributed by atoms with E-state index in [1.54, 1.807) is 6.92 Å². The molecule has 0 aliphatic heterocycles. The summed E-state index contributed by atoms with van der Waals surface area (Å²) in [4.78, 5) is 0. The van der Waals surface area contributed by atoms with Crippen LogP contribution in [-0.4, -0.2) is 9.67 Å². The molecular weight excluding hydrogens is 198 g/mol. The van der Waals surface area contributed by atoms with Gasteiger partial charge in [0.1, 0.15) is 0 Å². The molecule has 84 valence electrons. The Kier molecular flexibility index (Phi) is 2.84. The van der Waals surface area contributed by atoms with Gasteiger partial charge in [0, 0.05) is 24.0 Å². The molecule has 1 heterocycles. The molecule has 1 aromatic carbocycles. The van der Waals surface area contributed by atoms with Crippen molar-refractivity contribution in [1.82, 2.24) is 4.57 Å². The minimum Gasteiger partial charge on any atom is -0.387 e. The number of aliphatic hydroxyl groups is 1. The summed E-state index contributed by atoms with van der Waals surface area (Å²) in [5.74, 6) is 0. The number of benzene rings is 1. The summed E-state index contributed by atoms with van der Waals surface area (Å²) in [6.45, 7) is 3.89. The fraction of sp³-hybridized carbons (Fsp3) is 0.286. The van der Waals surface area contributed by atoms with Gasteiger partial charge in [-0.15, -0.1) is 0 Å². The smallest absolute Gasteiger partial charge is 0.0911 e. The molecule has 0 amide bonds. The molecule has 2 rings (SSSR count). The van der Waals surface area contributed by atoms with Crippen LogP contribution in [0.4, 0.5) is 0 Å². The minimum atomic E-state index is -0.428. The first kappa shape index (κ1) is 11.0. The zero-order chi connectivity index (χ0) is 11.7. The summed E-state index contributed by atoms with van der Waals surface area (Å²) in [5, 5.41) is 9.61. The molecule has 2 heteroatoms. The molecule has 0 aliphatic carbocycles. The van der Waals surface area contributed by atoms with Gasteiger partial charge in [0.25, 0.3) is 0 Å². The van der Waals surface area contributed by atoms with E-state index in [0.29, 0.717) is 0 Å². The molecule has 0 saturated carbocycles. The number of aliphatic hydroxyl groups excluding tert-OH is 1. The number of rotatable bonds is 2. The Balaban J connectivity index is 2.54. The van der Waals surface area contributed by atoms with Gasteiger partial charge < -0.3 is 9.67 Å². The lowest BCUT2D eigenvalue weighted by atomic mass is 10.1. The van der Waals surface area contributed by atoms with Crippen molar-refractivity contribution < 1.29 is 5.11 Å². The zero-order valence-corrected chi connectivity index (χ0v) is 9.94. The molecule has 1 aromatic heterocycles. The first-order chi connectivity index (χ1) is 7.61. The van der Waals surface area contributed by atoms with Crippen molar-refractivity contribution in [1.29, 1.82) is 0 Å². The number of nitrogens with zero attached hydrogens (tertiary/aromatic N) is 1. The zero-order valence-electron chi connectivity index (χ0n) is 9.94. The third-order valence-corrected chi connectivity index (χ3v) is 3.01. The second kappa shape index (κ2) is 4.14. The van der Waals surface area contributed by atoms with E-state index in [-0.39, 0.29) is 0 Å². The Morgan fingerprint density at radius 2 is 1.81 bits per heavy atom. The lowest BCUT2D eigenvalue weighted by Gasteiger charge is -2.11. The van der Waals surface area contributed by atoms with Crippen LogP contribution >= 0.6 is 0 Å². The van der Waals surface area contributed by atoms with Crippen LogP contribution in [0.1, 0.15) is 24.3 Å². The molecule has 0 spiro atoms. The first-order valence-corrected chi connectivity index (χ1v) is 5.51. The van der Waals surface area contributed by atoms with Crippen molar-refractivity contribution in [2.45, 2.75) is 20.0 Å². The molecular formula is C14H17NO. The van der Waals surface area contributed by atoms with Crippen molar-refractivity contribution in [2.24, 2.45) is 7.05 Å². The fourth-order valence-electron chi connectivity index (χ4n) is 2.08. The maximum absolute atomic E-state index is 9.61. The normalized spacial score (nSPS) is 12.8. The van der Waals surface area contributed by atoms with Crippen LogP contribution in [0.2, 0.25) is 0 Å². The topological polar surface area (TPSA) is 25.2 Å². The van der Waals surface area contributed by atoms with Crippen molar-refractivity contribution in [3.63, 3.8) is 0 Å². The molecule has 1 atom stereocenters. The van der Waals surface area contributed by atoms with Crippen LogP contribution in [0, 0.1) is 6.92 Å². The molecule has 0 aliphatic rings. The highest BCUT2D eigenvalue weighted by molar-refractivity contribution is 5.64. The SMILES string of the molecule is Cc1ccccc1-c1ccc(C(C)O)n1C. The fourth-order valence-corrected chi connectivity index (χ4v) is 2.08. The van der Waals surface area contributed by atoms with Gasteiger partial charge in [-0.1, -0.05) is 24.3 Å². The quantitative estimate of drug-likeness (QED) is 0.818. The van der Waals surface area contributed by atoms with E-state index in [9.17, 15) is 5.11 Å². The van der Waals surface area contributed by atoms with Crippen LogP contribution in [0.5, 0.6) is 0 Å². The number of hydrogen-bond donors (Lipinski definition) is 1. The van der Waals surface area contributed by atoms with E-state index >= 15 is 0 Å². The molecule has 0 radical (unpaired) electrons. The lowest BCUT2D eigenvalue weighted by molar-refractivity contribution is 0.191. The molecule has 16 heavy (non-hydrogen) atoms. The summed E-state index contributed by atoms with van der Waals surface area (Å²) < 4.78 is 2.05. The Labute approximate surface area is 96.2 Å². The molecule has 2 nitrogen and oxygen atoms in total. The second-order valence-corrected chi connectivity index (χ2v) is 4.19. The van der Waals surface area contributed by atoms with Crippen LogP contribution in [0.25, 0.3) is 11.3 Å². The molecule has 0 bridgehead atoms. The van der Waals surface area contributed by atoms with E-state index in [0.717, 1.165) is 11.4 Å². The van der Waals surface area contributed by atoms with Crippen LogP contribution in [0.3, 0.4) is 0 Å². The van der Waals surface area contributed by atoms with Gasteiger partial charge in [-0.05, 0) is 31.5 Å². The van der Waals surface area contributed by atoms with Crippen molar-refractivity contribution in [3.8, 4) is 11.3 Å². The Hall–Kier alpha value is -1.54. The van der Waals surface area contributed by atoms with Gasteiger partial charge >= 0.3 is 0 Å². The molecule has 1 unspecified atom stereocenters. The first-order valence-electron chi connectivity index (χ1n) is 5.51. The third-order valence-electron chi connectivity index (χ3n) is 3.01. The van der Waals surface area contributed by atoms with Crippen LogP contribution in [-0.2, 0) is 7.05 Å². The highest BCUT2D eigenvalue weighted by atomic mass is 16.3. The summed E-state index contributed by atoms with van der Waals surface area (Å²) in [7, 11) is 1.99.